The summed E-state index contributed by atoms with van der Waals surface area (Å²) in [7, 11) is 0. The Hall–Kier alpha value is -1.04. The molecule has 0 fully saturated rings. The van der Waals surface area contributed by atoms with Crippen LogP contribution in [0.3, 0.4) is 0 Å². The molecule has 0 aliphatic rings. The number of carbonyl (C=O) groups is 1. The van der Waals surface area contributed by atoms with Gasteiger partial charge in [-0.15, -0.1) is 0 Å². The maximum atomic E-state index is 11.7. The summed E-state index contributed by atoms with van der Waals surface area (Å²) in [5, 5.41) is 11.6. The zero-order chi connectivity index (χ0) is 13.5. The zero-order valence-corrected chi connectivity index (χ0v) is 11.8. The van der Waals surface area contributed by atoms with Crippen LogP contribution < -0.4 is 5.32 Å². The number of carbonyl (C=O) groups excluding carboxylic acids is 1. The number of rotatable bonds is 6. The number of hydrogen-bond acceptors (Lipinski definition) is 2. The van der Waals surface area contributed by atoms with Gasteiger partial charge in [0.15, 0.2) is 0 Å². The van der Waals surface area contributed by atoms with Crippen molar-refractivity contribution >= 4 is 5.91 Å². The molecule has 98 valence electrons. The number of amides is 1. The van der Waals surface area contributed by atoms with Crippen LogP contribution in [0.25, 0.3) is 0 Å². The van der Waals surface area contributed by atoms with E-state index >= 15 is 0 Å². The molecule has 0 bridgehead atoms. The van der Waals surface area contributed by atoms with E-state index < -0.39 is 0 Å². The van der Waals surface area contributed by atoms with Gasteiger partial charge >= 0.3 is 0 Å². The Morgan fingerprint density at radius 3 is 2.41 bits per heavy atom. The lowest BCUT2D eigenvalue weighted by Crippen LogP contribution is -2.34. The number of nitrogens with zero attached hydrogens (tertiary/aromatic N) is 1. The van der Waals surface area contributed by atoms with E-state index in [-0.39, 0.29) is 17.4 Å². The maximum absolute atomic E-state index is 11.7. The predicted octanol–water partition coefficient (Wildman–Crippen LogP) is 3.26. The fraction of sp³-hybridized carbons (Fsp3) is 0.857. The van der Waals surface area contributed by atoms with Gasteiger partial charge in [-0.3, -0.25) is 4.79 Å². The lowest BCUT2D eigenvalue weighted by molar-refractivity contribution is -0.122. The van der Waals surface area contributed by atoms with E-state index in [1.807, 2.05) is 6.92 Å². The minimum absolute atomic E-state index is 0.00162. The van der Waals surface area contributed by atoms with Crippen molar-refractivity contribution in [1.29, 1.82) is 5.26 Å². The average molecular weight is 238 g/mol. The Kier molecular flexibility index (Phi) is 6.87. The third-order valence-corrected chi connectivity index (χ3v) is 2.56. The van der Waals surface area contributed by atoms with Crippen molar-refractivity contribution in [2.24, 2.45) is 11.3 Å². The second-order valence-electron chi connectivity index (χ2n) is 6.11. The second-order valence-corrected chi connectivity index (χ2v) is 6.11. The molecule has 0 aliphatic carbocycles. The van der Waals surface area contributed by atoms with E-state index in [1.54, 1.807) is 0 Å². The van der Waals surface area contributed by atoms with Gasteiger partial charge in [-0.05, 0) is 24.2 Å². The van der Waals surface area contributed by atoms with Gasteiger partial charge in [0.1, 0.15) is 6.04 Å². The molecule has 0 saturated heterocycles. The third-order valence-electron chi connectivity index (χ3n) is 2.56. The molecule has 0 radical (unpaired) electrons. The summed E-state index contributed by atoms with van der Waals surface area (Å²) in [5.74, 6) is 0.359. The van der Waals surface area contributed by atoms with E-state index in [0.717, 1.165) is 19.3 Å². The molecule has 0 aliphatic heterocycles. The van der Waals surface area contributed by atoms with Gasteiger partial charge in [0.05, 0.1) is 6.07 Å². The Bertz CT molecular complexity index is 273. The van der Waals surface area contributed by atoms with E-state index in [9.17, 15) is 4.79 Å². The third kappa shape index (κ3) is 8.74. The lowest BCUT2D eigenvalue weighted by atomic mass is 9.84. The smallest absolute Gasteiger partial charge is 0.221 e. The first-order chi connectivity index (χ1) is 7.78. The summed E-state index contributed by atoms with van der Waals surface area (Å²) >= 11 is 0. The molecule has 0 saturated carbocycles. The van der Waals surface area contributed by atoms with Crippen molar-refractivity contribution in [3.8, 4) is 6.07 Å². The van der Waals surface area contributed by atoms with E-state index in [4.69, 9.17) is 5.26 Å². The standard InChI is InChI=1S/C14H26N2O/c1-6-7-12(10-15)16-13(17)8-11(2)9-14(3,4)5/h11-12H,6-9H2,1-5H3,(H,16,17). The quantitative estimate of drug-likeness (QED) is 0.772. The Labute approximate surface area is 106 Å². The van der Waals surface area contributed by atoms with Crippen LogP contribution in [0.1, 0.15) is 60.3 Å². The zero-order valence-electron chi connectivity index (χ0n) is 11.8. The molecule has 0 spiro atoms. The highest BCUT2D eigenvalue weighted by atomic mass is 16.1. The molecule has 1 N–H and O–H groups in total. The molecule has 2 unspecified atom stereocenters. The molecule has 3 heteroatoms. The van der Waals surface area contributed by atoms with E-state index in [2.05, 4.69) is 39.1 Å². The Morgan fingerprint density at radius 1 is 1.41 bits per heavy atom. The topological polar surface area (TPSA) is 52.9 Å². The minimum atomic E-state index is -0.325. The lowest BCUT2D eigenvalue weighted by Gasteiger charge is -2.23. The van der Waals surface area contributed by atoms with Gasteiger partial charge in [0, 0.05) is 6.42 Å². The normalized spacial score (nSPS) is 14.8. The van der Waals surface area contributed by atoms with Crippen molar-refractivity contribution in [1.82, 2.24) is 5.32 Å². The second kappa shape index (κ2) is 7.32. The van der Waals surface area contributed by atoms with Crippen LogP contribution in [0.2, 0.25) is 0 Å². The highest BCUT2D eigenvalue weighted by Crippen LogP contribution is 2.25. The highest BCUT2D eigenvalue weighted by Gasteiger charge is 2.19. The molecule has 1 amide bonds. The van der Waals surface area contributed by atoms with Crippen LogP contribution in [0.4, 0.5) is 0 Å². The van der Waals surface area contributed by atoms with Crippen LogP contribution in [-0.2, 0) is 4.79 Å². The van der Waals surface area contributed by atoms with Crippen molar-refractivity contribution in [2.75, 3.05) is 0 Å². The fourth-order valence-electron chi connectivity index (χ4n) is 2.14. The van der Waals surface area contributed by atoms with Crippen molar-refractivity contribution in [3.05, 3.63) is 0 Å². The van der Waals surface area contributed by atoms with Crippen molar-refractivity contribution < 1.29 is 4.79 Å². The molecule has 0 aromatic rings. The number of hydrogen-bond donors (Lipinski definition) is 1. The summed E-state index contributed by atoms with van der Waals surface area (Å²) in [6, 6.07) is 1.80. The summed E-state index contributed by atoms with van der Waals surface area (Å²) < 4.78 is 0. The first-order valence-electron chi connectivity index (χ1n) is 6.47. The summed E-state index contributed by atoms with van der Waals surface area (Å²) in [5.41, 5.74) is 0.248. The first-order valence-corrected chi connectivity index (χ1v) is 6.47. The Balaban J connectivity index is 4.05. The molecule has 17 heavy (non-hydrogen) atoms. The number of nitriles is 1. The van der Waals surface area contributed by atoms with Gasteiger partial charge in [-0.2, -0.15) is 5.26 Å². The highest BCUT2D eigenvalue weighted by molar-refractivity contribution is 5.76. The van der Waals surface area contributed by atoms with Crippen molar-refractivity contribution in [3.63, 3.8) is 0 Å². The monoisotopic (exact) mass is 238 g/mol. The van der Waals surface area contributed by atoms with Crippen LogP contribution in [-0.4, -0.2) is 11.9 Å². The largest absolute Gasteiger partial charge is 0.340 e. The van der Waals surface area contributed by atoms with Crippen molar-refractivity contribution in [2.45, 2.75) is 66.3 Å². The summed E-state index contributed by atoms with van der Waals surface area (Å²) in [6.45, 7) is 10.6. The van der Waals surface area contributed by atoms with Gasteiger partial charge in [0.2, 0.25) is 5.91 Å². The summed E-state index contributed by atoms with van der Waals surface area (Å²) in [4.78, 5) is 11.7. The van der Waals surface area contributed by atoms with Crippen LogP contribution in [0, 0.1) is 22.7 Å². The molecule has 0 heterocycles. The van der Waals surface area contributed by atoms with Gasteiger partial charge in [-0.25, -0.2) is 0 Å². The fourth-order valence-corrected chi connectivity index (χ4v) is 2.14. The molecule has 0 aromatic heterocycles. The SMILES string of the molecule is CCCC(C#N)NC(=O)CC(C)CC(C)(C)C. The van der Waals surface area contributed by atoms with Gasteiger partial charge < -0.3 is 5.32 Å². The summed E-state index contributed by atoms with van der Waals surface area (Å²) in [6.07, 6.45) is 3.18. The molecular formula is C14H26N2O. The van der Waals surface area contributed by atoms with E-state index in [0.29, 0.717) is 12.3 Å². The van der Waals surface area contributed by atoms with Crippen LogP contribution in [0.5, 0.6) is 0 Å². The van der Waals surface area contributed by atoms with Gasteiger partial charge in [0.25, 0.3) is 0 Å². The van der Waals surface area contributed by atoms with E-state index in [1.165, 1.54) is 0 Å². The maximum Gasteiger partial charge on any atom is 0.221 e. The molecular weight excluding hydrogens is 212 g/mol. The molecule has 0 rings (SSSR count). The van der Waals surface area contributed by atoms with Crippen LogP contribution in [0.15, 0.2) is 0 Å². The predicted molar refractivity (Wildman–Crippen MR) is 70.3 cm³/mol. The molecule has 2 atom stereocenters. The molecule has 0 aromatic carbocycles. The van der Waals surface area contributed by atoms with Crippen LogP contribution >= 0.6 is 0 Å². The molecule has 3 nitrogen and oxygen atoms in total. The van der Waals surface area contributed by atoms with Gasteiger partial charge in [-0.1, -0.05) is 41.0 Å². The Morgan fingerprint density at radius 2 is 2.00 bits per heavy atom. The average Bonchev–Trinajstić information content (AvgIpc) is 2.13. The minimum Gasteiger partial charge on any atom is -0.340 e. The first kappa shape index (κ1) is 16.0. The number of nitrogens with one attached hydrogen (secondary N) is 1.